The molecular formula is C22H19N7O2. The second-order valence-corrected chi connectivity index (χ2v) is 7.33. The third-order valence-electron chi connectivity index (χ3n) is 5.33. The van der Waals surface area contributed by atoms with Crippen LogP contribution in [0.5, 0.6) is 5.75 Å². The second-order valence-electron chi connectivity index (χ2n) is 7.33. The van der Waals surface area contributed by atoms with Gasteiger partial charge in [-0.1, -0.05) is 18.1 Å². The molecule has 1 atom stereocenters. The van der Waals surface area contributed by atoms with Crippen molar-refractivity contribution < 1.29 is 9.53 Å². The lowest BCUT2D eigenvalue weighted by Gasteiger charge is -2.24. The molecule has 0 bridgehead atoms. The number of fused-ring (bicyclic) bond motifs is 2. The van der Waals surface area contributed by atoms with Crippen molar-refractivity contribution in [3.63, 3.8) is 0 Å². The van der Waals surface area contributed by atoms with Gasteiger partial charge in [0.05, 0.1) is 5.69 Å². The molecule has 9 nitrogen and oxygen atoms in total. The van der Waals surface area contributed by atoms with Crippen LogP contribution in [0, 0.1) is 26.2 Å². The van der Waals surface area contributed by atoms with Crippen molar-refractivity contribution in [3.05, 3.63) is 59.0 Å². The van der Waals surface area contributed by atoms with Crippen LogP contribution in [0.4, 0.5) is 5.82 Å². The fourth-order valence-electron chi connectivity index (χ4n) is 3.92. The van der Waals surface area contributed by atoms with Crippen molar-refractivity contribution in [2.24, 2.45) is 0 Å². The highest BCUT2D eigenvalue weighted by atomic mass is 16.5. The molecule has 4 aromatic rings. The average Bonchev–Trinajstić information content (AvgIpc) is 3.31. The molecule has 0 aliphatic carbocycles. The predicted molar refractivity (Wildman–Crippen MR) is 113 cm³/mol. The molecule has 4 heterocycles. The number of benzene rings is 1. The van der Waals surface area contributed by atoms with Crippen LogP contribution >= 0.6 is 0 Å². The van der Waals surface area contributed by atoms with Crippen LogP contribution in [0.2, 0.25) is 0 Å². The van der Waals surface area contributed by atoms with Gasteiger partial charge in [-0.15, -0.1) is 21.7 Å². The van der Waals surface area contributed by atoms with Gasteiger partial charge in [0.1, 0.15) is 18.2 Å². The van der Waals surface area contributed by atoms with Crippen molar-refractivity contribution in [2.75, 3.05) is 11.9 Å². The van der Waals surface area contributed by atoms with Crippen molar-refractivity contribution in [3.8, 4) is 23.9 Å². The van der Waals surface area contributed by atoms with Crippen LogP contribution in [-0.4, -0.2) is 42.1 Å². The molecule has 0 spiro atoms. The molecule has 3 aromatic heterocycles. The standard InChI is InChI=1S/C22H19N7O2/c1-4-11-31-16-7-5-15(6-8-16)17-12-20(30)23-22-21(17)13(2)26-29(22)19-10-9-18-25-24-14(3)28(18)27-19/h1,5-10,17H,11-12H2,2-3H3,(H,23,30). The Balaban J connectivity index is 1.58. The van der Waals surface area contributed by atoms with E-state index < -0.39 is 0 Å². The van der Waals surface area contributed by atoms with E-state index in [0.29, 0.717) is 35.3 Å². The maximum absolute atomic E-state index is 12.6. The van der Waals surface area contributed by atoms with Crippen LogP contribution in [0.1, 0.15) is 35.0 Å². The highest BCUT2D eigenvalue weighted by Gasteiger charge is 2.33. The fourth-order valence-corrected chi connectivity index (χ4v) is 3.92. The number of ether oxygens (including phenoxy) is 1. The normalized spacial score (nSPS) is 15.4. The SMILES string of the molecule is C#CCOc1ccc(C2CC(=O)Nc3c2c(C)nn3-c2ccc3nnc(C)n3n2)cc1. The van der Waals surface area contributed by atoms with E-state index in [1.807, 2.05) is 50.2 Å². The highest BCUT2D eigenvalue weighted by Crippen LogP contribution is 2.40. The Morgan fingerprint density at radius 1 is 1.16 bits per heavy atom. The number of rotatable bonds is 4. The van der Waals surface area contributed by atoms with E-state index in [0.717, 1.165) is 16.8 Å². The number of anilines is 1. The number of nitrogens with one attached hydrogen (secondary N) is 1. The summed E-state index contributed by atoms with van der Waals surface area (Å²) in [5, 5.41) is 20.4. The molecule has 1 aliphatic heterocycles. The van der Waals surface area contributed by atoms with Gasteiger partial charge in [-0.2, -0.15) is 14.3 Å². The summed E-state index contributed by atoms with van der Waals surface area (Å²) in [4.78, 5) is 12.6. The van der Waals surface area contributed by atoms with E-state index >= 15 is 0 Å². The number of terminal acetylenes is 1. The van der Waals surface area contributed by atoms with Gasteiger partial charge in [-0.05, 0) is 43.7 Å². The average molecular weight is 413 g/mol. The number of carbonyl (C=O) groups excluding carboxylic acids is 1. The Kier molecular flexibility index (Phi) is 4.40. The first-order valence-corrected chi connectivity index (χ1v) is 9.80. The monoisotopic (exact) mass is 413 g/mol. The van der Waals surface area contributed by atoms with Crippen LogP contribution in [0.15, 0.2) is 36.4 Å². The summed E-state index contributed by atoms with van der Waals surface area (Å²) < 4.78 is 8.77. The molecule has 1 aromatic carbocycles. The predicted octanol–water partition coefficient (Wildman–Crippen LogP) is 2.41. The molecule has 1 amide bonds. The second kappa shape index (κ2) is 7.25. The molecule has 0 radical (unpaired) electrons. The van der Waals surface area contributed by atoms with Gasteiger partial charge < -0.3 is 10.1 Å². The minimum Gasteiger partial charge on any atom is -0.481 e. The van der Waals surface area contributed by atoms with Gasteiger partial charge in [0.2, 0.25) is 5.91 Å². The Bertz CT molecular complexity index is 1340. The summed E-state index contributed by atoms with van der Waals surface area (Å²) in [6, 6.07) is 11.3. The number of amides is 1. The summed E-state index contributed by atoms with van der Waals surface area (Å²) in [6.45, 7) is 3.98. The van der Waals surface area contributed by atoms with Gasteiger partial charge in [-0.3, -0.25) is 4.79 Å². The van der Waals surface area contributed by atoms with E-state index in [4.69, 9.17) is 16.3 Å². The van der Waals surface area contributed by atoms with Gasteiger partial charge in [0.15, 0.2) is 17.3 Å². The number of carbonyl (C=O) groups is 1. The Labute approximate surface area is 178 Å². The quantitative estimate of drug-likeness (QED) is 0.516. The minimum absolute atomic E-state index is 0.0761. The van der Waals surface area contributed by atoms with Crippen LogP contribution in [0.25, 0.3) is 11.5 Å². The third-order valence-corrected chi connectivity index (χ3v) is 5.33. The summed E-state index contributed by atoms with van der Waals surface area (Å²) in [5.74, 6) is 4.81. The number of aromatic nitrogens is 6. The van der Waals surface area contributed by atoms with Gasteiger partial charge in [0, 0.05) is 17.9 Å². The van der Waals surface area contributed by atoms with E-state index in [2.05, 4.69) is 26.5 Å². The zero-order valence-corrected chi connectivity index (χ0v) is 17.0. The largest absolute Gasteiger partial charge is 0.481 e. The zero-order chi connectivity index (χ0) is 21.5. The fraction of sp³-hybridized carbons (Fsp3) is 0.227. The van der Waals surface area contributed by atoms with Crippen molar-refractivity contribution in [1.82, 2.24) is 29.6 Å². The zero-order valence-electron chi connectivity index (χ0n) is 17.0. The lowest BCUT2D eigenvalue weighted by atomic mass is 9.86. The molecule has 9 heteroatoms. The minimum atomic E-state index is -0.125. The molecule has 1 unspecified atom stereocenters. The van der Waals surface area contributed by atoms with Crippen molar-refractivity contribution >= 4 is 17.4 Å². The Morgan fingerprint density at radius 2 is 1.97 bits per heavy atom. The smallest absolute Gasteiger partial charge is 0.226 e. The summed E-state index contributed by atoms with van der Waals surface area (Å²) in [7, 11) is 0. The van der Waals surface area contributed by atoms with Crippen molar-refractivity contribution in [2.45, 2.75) is 26.2 Å². The lowest BCUT2D eigenvalue weighted by molar-refractivity contribution is -0.116. The Hall–Kier alpha value is -4.19. The topological polar surface area (TPSA) is 99.2 Å². The molecule has 0 fully saturated rings. The molecule has 5 rings (SSSR count). The van der Waals surface area contributed by atoms with E-state index in [1.54, 1.807) is 9.20 Å². The van der Waals surface area contributed by atoms with Gasteiger partial charge in [0.25, 0.3) is 0 Å². The number of hydrogen-bond acceptors (Lipinski definition) is 6. The molecule has 154 valence electrons. The highest BCUT2D eigenvalue weighted by molar-refractivity contribution is 5.95. The molecule has 0 saturated carbocycles. The maximum atomic E-state index is 12.6. The van der Waals surface area contributed by atoms with Gasteiger partial charge in [-0.25, -0.2) is 0 Å². The van der Waals surface area contributed by atoms with Crippen LogP contribution in [0.3, 0.4) is 0 Å². The lowest BCUT2D eigenvalue weighted by Crippen LogP contribution is -2.25. The number of aryl methyl sites for hydroxylation is 2. The number of hydrogen-bond donors (Lipinski definition) is 1. The summed E-state index contributed by atoms with van der Waals surface area (Å²) in [6.07, 6.45) is 5.58. The first-order chi connectivity index (χ1) is 15.0. The van der Waals surface area contributed by atoms with Crippen LogP contribution < -0.4 is 10.1 Å². The van der Waals surface area contributed by atoms with Crippen LogP contribution in [-0.2, 0) is 4.79 Å². The van der Waals surface area contributed by atoms with E-state index in [1.165, 1.54) is 0 Å². The number of nitrogens with zero attached hydrogens (tertiary/aromatic N) is 6. The molecule has 1 N–H and O–H groups in total. The molecular weight excluding hydrogens is 394 g/mol. The molecule has 1 aliphatic rings. The first-order valence-electron chi connectivity index (χ1n) is 9.80. The van der Waals surface area contributed by atoms with E-state index in [-0.39, 0.29) is 18.4 Å². The first kappa shape index (κ1) is 18.8. The molecule has 0 saturated heterocycles. The summed E-state index contributed by atoms with van der Waals surface area (Å²) >= 11 is 0. The summed E-state index contributed by atoms with van der Waals surface area (Å²) in [5.41, 5.74) is 3.45. The Morgan fingerprint density at radius 3 is 2.74 bits per heavy atom. The van der Waals surface area contributed by atoms with Gasteiger partial charge >= 0.3 is 0 Å². The molecule has 31 heavy (non-hydrogen) atoms. The third kappa shape index (κ3) is 3.18. The van der Waals surface area contributed by atoms with E-state index in [9.17, 15) is 4.79 Å². The maximum Gasteiger partial charge on any atom is 0.226 e. The van der Waals surface area contributed by atoms with Crippen molar-refractivity contribution in [1.29, 1.82) is 0 Å².